The maximum Gasteiger partial charge on any atom is 0.122 e. The molecule has 0 aliphatic carbocycles. The maximum absolute atomic E-state index is 12.4. The predicted octanol–water partition coefficient (Wildman–Crippen LogP) is 3.26. The molecule has 0 saturated heterocycles. The van der Waals surface area contributed by atoms with Gasteiger partial charge in [0.1, 0.15) is 5.75 Å². The number of methoxy groups -OCH3 is 1. The van der Waals surface area contributed by atoms with Gasteiger partial charge in [-0.2, -0.15) is 0 Å². The van der Waals surface area contributed by atoms with E-state index >= 15 is 0 Å². The van der Waals surface area contributed by atoms with Crippen molar-refractivity contribution in [1.82, 2.24) is 0 Å². The van der Waals surface area contributed by atoms with Gasteiger partial charge in [0.2, 0.25) is 0 Å². The number of ether oxygens (including phenoxy) is 1. The fourth-order valence-corrected chi connectivity index (χ4v) is 1.26. The highest BCUT2D eigenvalue weighted by Gasteiger charge is 2.11. The van der Waals surface area contributed by atoms with E-state index < -0.39 is 6.67 Å². The summed E-state index contributed by atoms with van der Waals surface area (Å²) in [6, 6.07) is 5.15. The molecule has 0 N–H and O–H groups in total. The molecule has 0 atom stereocenters. The van der Waals surface area contributed by atoms with Gasteiger partial charge in [0.05, 0.1) is 13.8 Å². The van der Waals surface area contributed by atoms with Gasteiger partial charge in [0.25, 0.3) is 0 Å². The van der Waals surface area contributed by atoms with Gasteiger partial charge < -0.3 is 4.74 Å². The molecule has 0 aliphatic rings. The molecule has 1 aromatic rings. The van der Waals surface area contributed by atoms with Crippen molar-refractivity contribution >= 4 is 11.6 Å². The Kier molecular flexibility index (Phi) is 3.55. The van der Waals surface area contributed by atoms with Crippen LogP contribution in [0, 0.1) is 5.92 Å². The van der Waals surface area contributed by atoms with E-state index in [-0.39, 0.29) is 0 Å². The molecule has 0 spiro atoms. The smallest absolute Gasteiger partial charge is 0.122 e. The number of alkyl halides is 1. The lowest BCUT2D eigenvalue weighted by Crippen LogP contribution is -2.00. The van der Waals surface area contributed by atoms with Crippen molar-refractivity contribution in [3.8, 4) is 5.75 Å². The summed E-state index contributed by atoms with van der Waals surface area (Å²) >= 11 is 5.78. The van der Waals surface area contributed by atoms with Crippen LogP contribution >= 0.6 is 11.6 Å². The molecule has 0 aromatic heterocycles. The van der Waals surface area contributed by atoms with Crippen molar-refractivity contribution in [2.75, 3.05) is 13.8 Å². The first kappa shape index (κ1) is 10.3. The van der Waals surface area contributed by atoms with Crippen LogP contribution in [0.1, 0.15) is 12.5 Å². The van der Waals surface area contributed by atoms with E-state index in [0.29, 0.717) is 16.7 Å². The van der Waals surface area contributed by atoms with Crippen LogP contribution in [0.5, 0.6) is 5.75 Å². The van der Waals surface area contributed by atoms with Crippen LogP contribution in [-0.4, -0.2) is 13.8 Å². The van der Waals surface area contributed by atoms with Gasteiger partial charge in [0, 0.05) is 16.5 Å². The second kappa shape index (κ2) is 4.47. The van der Waals surface area contributed by atoms with Gasteiger partial charge in [0.15, 0.2) is 0 Å². The number of rotatable bonds is 3. The Hall–Kier alpha value is -0.760. The quantitative estimate of drug-likeness (QED) is 0.730. The molecule has 71 valence electrons. The van der Waals surface area contributed by atoms with E-state index in [1.54, 1.807) is 32.2 Å². The number of halogens is 2. The third-order valence-corrected chi connectivity index (χ3v) is 2.06. The summed E-state index contributed by atoms with van der Waals surface area (Å²) in [6.07, 6.45) is 0. The molecule has 0 saturated carbocycles. The minimum absolute atomic E-state index is 0.489. The van der Waals surface area contributed by atoms with Crippen LogP contribution in [0.4, 0.5) is 4.39 Å². The molecule has 3 heteroatoms. The topological polar surface area (TPSA) is 9.23 Å². The molecular weight excluding hydrogens is 191 g/mol. The van der Waals surface area contributed by atoms with Crippen LogP contribution in [0.2, 0.25) is 5.02 Å². The molecule has 0 heterocycles. The van der Waals surface area contributed by atoms with Crippen molar-refractivity contribution in [2.45, 2.75) is 6.92 Å². The average Bonchev–Trinajstić information content (AvgIpc) is 2.16. The fourth-order valence-electron chi connectivity index (χ4n) is 1.09. The van der Waals surface area contributed by atoms with Gasteiger partial charge in [-0.3, -0.25) is 4.39 Å². The zero-order chi connectivity index (χ0) is 9.84. The van der Waals surface area contributed by atoms with E-state index in [0.717, 1.165) is 5.56 Å². The minimum atomic E-state index is -0.489. The van der Waals surface area contributed by atoms with Crippen LogP contribution in [-0.2, 0) is 0 Å². The Morgan fingerprint density at radius 2 is 2.23 bits per heavy atom. The summed E-state index contributed by atoms with van der Waals surface area (Å²) in [4.78, 5) is 0. The maximum atomic E-state index is 12.4. The van der Waals surface area contributed by atoms with Crippen molar-refractivity contribution < 1.29 is 9.13 Å². The lowest BCUT2D eigenvalue weighted by molar-refractivity contribution is 0.408. The average molecular weight is 202 g/mol. The van der Waals surface area contributed by atoms with Gasteiger partial charge in [-0.1, -0.05) is 18.5 Å². The van der Waals surface area contributed by atoms with E-state index in [9.17, 15) is 4.39 Å². The van der Waals surface area contributed by atoms with Crippen LogP contribution < -0.4 is 4.74 Å². The van der Waals surface area contributed by atoms with Crippen molar-refractivity contribution in [2.24, 2.45) is 0 Å². The lowest BCUT2D eigenvalue weighted by Gasteiger charge is -2.11. The Balaban J connectivity index is 3.07. The highest BCUT2D eigenvalue weighted by atomic mass is 35.5. The number of hydrogen-bond donors (Lipinski definition) is 0. The molecular formula is C10H11ClFO. The molecule has 0 aliphatic heterocycles. The first-order valence-corrected chi connectivity index (χ1v) is 4.29. The summed E-state index contributed by atoms with van der Waals surface area (Å²) in [5.74, 6) is 1.28. The standard InChI is InChI=1S/C10H11ClFO/c1-7(6-12)9-5-8(11)3-4-10(9)13-2/h3-5H,6H2,1-2H3. The molecule has 0 unspecified atom stereocenters. The first-order chi connectivity index (χ1) is 6.19. The number of hydrogen-bond acceptors (Lipinski definition) is 1. The summed E-state index contributed by atoms with van der Waals surface area (Å²) < 4.78 is 17.5. The fraction of sp³-hybridized carbons (Fsp3) is 0.300. The Morgan fingerprint density at radius 1 is 1.54 bits per heavy atom. The Bertz CT molecular complexity index is 288. The second-order valence-corrected chi connectivity index (χ2v) is 3.20. The summed E-state index contributed by atoms with van der Waals surface area (Å²) in [7, 11) is 1.55. The third kappa shape index (κ3) is 2.34. The Morgan fingerprint density at radius 3 is 2.77 bits per heavy atom. The molecule has 1 rings (SSSR count). The summed E-state index contributed by atoms with van der Waals surface area (Å²) in [6.45, 7) is 1.23. The third-order valence-electron chi connectivity index (χ3n) is 1.82. The largest absolute Gasteiger partial charge is 0.496 e. The van der Waals surface area contributed by atoms with Gasteiger partial charge >= 0.3 is 0 Å². The van der Waals surface area contributed by atoms with E-state index in [4.69, 9.17) is 16.3 Å². The zero-order valence-electron chi connectivity index (χ0n) is 7.60. The Labute approximate surface area is 82.5 Å². The number of benzene rings is 1. The normalized spacial score (nSPS) is 10.5. The molecule has 1 radical (unpaired) electrons. The van der Waals surface area contributed by atoms with E-state index in [1.807, 2.05) is 0 Å². The van der Waals surface area contributed by atoms with Crippen LogP contribution in [0.25, 0.3) is 0 Å². The second-order valence-electron chi connectivity index (χ2n) is 2.76. The van der Waals surface area contributed by atoms with Crippen molar-refractivity contribution in [3.63, 3.8) is 0 Å². The first-order valence-electron chi connectivity index (χ1n) is 3.91. The minimum Gasteiger partial charge on any atom is -0.496 e. The molecule has 13 heavy (non-hydrogen) atoms. The molecule has 0 bridgehead atoms. The van der Waals surface area contributed by atoms with Crippen LogP contribution in [0.15, 0.2) is 18.2 Å². The SMILES string of the molecule is COc1ccc(Cl)cc1[C](C)CF. The predicted molar refractivity (Wildman–Crippen MR) is 52.0 cm³/mol. The van der Waals surface area contributed by atoms with E-state index in [1.165, 1.54) is 0 Å². The van der Waals surface area contributed by atoms with E-state index in [2.05, 4.69) is 0 Å². The zero-order valence-corrected chi connectivity index (χ0v) is 8.36. The van der Waals surface area contributed by atoms with Gasteiger partial charge in [-0.25, -0.2) is 0 Å². The van der Waals surface area contributed by atoms with Gasteiger partial charge in [-0.15, -0.1) is 0 Å². The van der Waals surface area contributed by atoms with Crippen molar-refractivity contribution in [3.05, 3.63) is 34.7 Å². The molecule has 0 fully saturated rings. The molecule has 1 aromatic carbocycles. The highest BCUT2D eigenvalue weighted by molar-refractivity contribution is 6.30. The lowest BCUT2D eigenvalue weighted by atomic mass is 10.0. The molecule has 0 amide bonds. The summed E-state index contributed by atoms with van der Waals surface area (Å²) in [5.41, 5.74) is 0.734. The molecule has 1 nitrogen and oxygen atoms in total. The van der Waals surface area contributed by atoms with Crippen LogP contribution in [0.3, 0.4) is 0 Å². The van der Waals surface area contributed by atoms with Crippen molar-refractivity contribution in [1.29, 1.82) is 0 Å². The summed E-state index contributed by atoms with van der Waals surface area (Å²) in [5, 5.41) is 0.587. The highest BCUT2D eigenvalue weighted by Crippen LogP contribution is 2.28. The van der Waals surface area contributed by atoms with Gasteiger partial charge in [-0.05, 0) is 18.2 Å². The monoisotopic (exact) mass is 201 g/mol.